The van der Waals surface area contributed by atoms with Crippen LogP contribution in [0.3, 0.4) is 0 Å². The van der Waals surface area contributed by atoms with Gasteiger partial charge in [-0.2, -0.15) is 13.2 Å². The van der Waals surface area contributed by atoms with Crippen LogP contribution in [0.5, 0.6) is 0 Å². The molecule has 0 spiro atoms. The van der Waals surface area contributed by atoms with Crippen LogP contribution >= 0.6 is 0 Å². The van der Waals surface area contributed by atoms with Gasteiger partial charge in [-0.3, -0.25) is 9.59 Å². The summed E-state index contributed by atoms with van der Waals surface area (Å²) in [6.07, 6.45) is -1.70. The highest BCUT2D eigenvalue weighted by Gasteiger charge is 2.51. The van der Waals surface area contributed by atoms with Crippen molar-refractivity contribution in [2.24, 2.45) is 10.8 Å². The Morgan fingerprint density at radius 1 is 1.12 bits per heavy atom. The molecule has 2 unspecified atom stereocenters. The van der Waals surface area contributed by atoms with Crippen molar-refractivity contribution in [2.45, 2.75) is 52.3 Å². The maximum atomic E-state index is 12.6. The lowest BCUT2D eigenvalue weighted by molar-refractivity contribution is -0.144. The number of rotatable bonds is 1. The van der Waals surface area contributed by atoms with Crippen molar-refractivity contribution < 1.29 is 22.8 Å². The van der Waals surface area contributed by atoms with Crippen LogP contribution in [0.1, 0.15) is 45.6 Å². The molecule has 142 valence electrons. The molecule has 2 fully saturated rings. The lowest BCUT2D eigenvalue weighted by Gasteiger charge is -2.39. The van der Waals surface area contributed by atoms with Gasteiger partial charge < -0.3 is 10.2 Å². The van der Waals surface area contributed by atoms with E-state index in [0.29, 0.717) is 6.54 Å². The molecule has 1 aromatic carbocycles. The summed E-state index contributed by atoms with van der Waals surface area (Å²) in [5.74, 6) is -1.42. The number of carbonyl (C=O) groups is 2. The highest BCUT2D eigenvalue weighted by atomic mass is 19.4. The average Bonchev–Trinajstić information content (AvgIpc) is 2.75. The van der Waals surface area contributed by atoms with E-state index in [-0.39, 0.29) is 22.6 Å². The second-order valence-electron chi connectivity index (χ2n) is 8.68. The van der Waals surface area contributed by atoms with Crippen LogP contribution in [0.4, 0.5) is 18.9 Å². The third kappa shape index (κ3) is 3.71. The monoisotopic (exact) mass is 368 g/mol. The highest BCUT2D eigenvalue weighted by Crippen LogP contribution is 2.52. The number of nitrogens with one attached hydrogen (secondary N) is 1. The number of likely N-dealkylation sites (tertiary alicyclic amines) is 1. The topological polar surface area (TPSA) is 49.4 Å². The van der Waals surface area contributed by atoms with Crippen LogP contribution in [0.2, 0.25) is 0 Å². The lowest BCUT2D eigenvalue weighted by atomic mass is 9.65. The minimum absolute atomic E-state index is 0.0106. The molecule has 7 heteroatoms. The van der Waals surface area contributed by atoms with Crippen molar-refractivity contribution in [3.63, 3.8) is 0 Å². The minimum atomic E-state index is -4.44. The van der Waals surface area contributed by atoms with Gasteiger partial charge in [-0.05, 0) is 54.4 Å². The Morgan fingerprint density at radius 2 is 1.73 bits per heavy atom. The summed E-state index contributed by atoms with van der Waals surface area (Å²) in [5.41, 5.74) is -0.497. The third-order valence-electron chi connectivity index (χ3n) is 5.34. The number of hydrogen-bond donors (Lipinski definition) is 1. The molecular formula is C19H23F3N2O2. The molecule has 2 atom stereocenters. The molecule has 0 radical (unpaired) electrons. The van der Waals surface area contributed by atoms with E-state index < -0.39 is 23.6 Å². The van der Waals surface area contributed by atoms with Crippen LogP contribution in [-0.4, -0.2) is 29.3 Å². The number of nitrogens with zero attached hydrogens (tertiary/aromatic N) is 1. The predicted octanol–water partition coefficient (Wildman–Crippen LogP) is 4.07. The Kier molecular flexibility index (Phi) is 4.32. The van der Waals surface area contributed by atoms with Crippen LogP contribution in [-0.2, 0) is 15.8 Å². The molecule has 2 amide bonds. The quantitative estimate of drug-likeness (QED) is 0.760. The SMILES string of the molecule is CC1(C)CC2CC(C)(CN2C(=O)C(=O)Nc2ccc(C(F)(F)F)cc2)C1. The van der Waals surface area contributed by atoms with Gasteiger partial charge in [-0.25, -0.2) is 0 Å². The second-order valence-corrected chi connectivity index (χ2v) is 8.68. The molecule has 1 aliphatic carbocycles. The smallest absolute Gasteiger partial charge is 0.331 e. The molecule has 2 aliphatic rings. The molecular weight excluding hydrogens is 345 g/mol. The maximum Gasteiger partial charge on any atom is 0.416 e. The van der Waals surface area contributed by atoms with Crippen molar-refractivity contribution >= 4 is 17.5 Å². The van der Waals surface area contributed by atoms with E-state index in [1.54, 1.807) is 4.90 Å². The number of anilines is 1. The number of alkyl halides is 3. The molecule has 1 saturated heterocycles. The molecule has 1 saturated carbocycles. The van der Waals surface area contributed by atoms with Gasteiger partial charge in [0.15, 0.2) is 0 Å². The largest absolute Gasteiger partial charge is 0.416 e. The number of halogens is 3. The fourth-order valence-electron chi connectivity index (χ4n) is 4.75. The van der Waals surface area contributed by atoms with Gasteiger partial charge in [0.05, 0.1) is 5.56 Å². The number of carbonyl (C=O) groups excluding carboxylic acids is 2. The summed E-state index contributed by atoms with van der Waals surface area (Å²) in [5, 5.41) is 2.41. The van der Waals surface area contributed by atoms with Crippen molar-refractivity contribution in [3.8, 4) is 0 Å². The van der Waals surface area contributed by atoms with E-state index in [1.165, 1.54) is 0 Å². The Balaban J connectivity index is 1.68. The summed E-state index contributed by atoms with van der Waals surface area (Å²) in [6, 6.07) is 4.11. The van der Waals surface area contributed by atoms with Crippen molar-refractivity contribution in [2.75, 3.05) is 11.9 Å². The zero-order valence-corrected chi connectivity index (χ0v) is 15.1. The molecule has 1 heterocycles. The Bertz CT molecular complexity index is 727. The zero-order chi connectivity index (χ0) is 19.3. The first-order chi connectivity index (χ1) is 11.9. The van der Waals surface area contributed by atoms with Gasteiger partial charge in [0.1, 0.15) is 0 Å². The minimum Gasteiger partial charge on any atom is -0.331 e. The molecule has 1 N–H and O–H groups in total. The summed E-state index contributed by atoms with van der Waals surface area (Å²) in [6.45, 7) is 7.03. The molecule has 2 bridgehead atoms. The van der Waals surface area contributed by atoms with Gasteiger partial charge in [-0.15, -0.1) is 0 Å². The Morgan fingerprint density at radius 3 is 2.31 bits per heavy atom. The Hall–Kier alpha value is -2.05. The van der Waals surface area contributed by atoms with E-state index in [4.69, 9.17) is 0 Å². The van der Waals surface area contributed by atoms with E-state index in [9.17, 15) is 22.8 Å². The van der Waals surface area contributed by atoms with E-state index in [0.717, 1.165) is 43.5 Å². The van der Waals surface area contributed by atoms with Gasteiger partial charge in [0.2, 0.25) is 0 Å². The van der Waals surface area contributed by atoms with E-state index in [2.05, 4.69) is 26.1 Å². The van der Waals surface area contributed by atoms with Gasteiger partial charge in [-0.1, -0.05) is 20.8 Å². The summed E-state index contributed by atoms with van der Waals surface area (Å²) < 4.78 is 37.8. The molecule has 3 rings (SSSR count). The first-order valence-electron chi connectivity index (χ1n) is 8.68. The highest BCUT2D eigenvalue weighted by molar-refractivity contribution is 6.39. The molecule has 26 heavy (non-hydrogen) atoms. The van der Waals surface area contributed by atoms with E-state index in [1.807, 2.05) is 0 Å². The van der Waals surface area contributed by atoms with E-state index >= 15 is 0 Å². The predicted molar refractivity (Wildman–Crippen MR) is 91.3 cm³/mol. The molecule has 0 aromatic heterocycles. The third-order valence-corrected chi connectivity index (χ3v) is 5.34. The summed E-state index contributed by atoms with van der Waals surface area (Å²) >= 11 is 0. The van der Waals surface area contributed by atoms with Crippen molar-refractivity contribution in [3.05, 3.63) is 29.8 Å². The number of amides is 2. The average molecular weight is 368 g/mol. The molecule has 1 aromatic rings. The van der Waals surface area contributed by atoms with Crippen LogP contribution < -0.4 is 5.32 Å². The maximum absolute atomic E-state index is 12.6. The van der Waals surface area contributed by atoms with Crippen LogP contribution in [0.25, 0.3) is 0 Å². The lowest BCUT2D eigenvalue weighted by Crippen LogP contribution is -2.43. The van der Waals surface area contributed by atoms with Gasteiger partial charge in [0, 0.05) is 18.3 Å². The Labute approximate surface area is 150 Å². The number of fused-ring (bicyclic) bond motifs is 2. The number of benzene rings is 1. The van der Waals surface area contributed by atoms with Crippen LogP contribution in [0.15, 0.2) is 24.3 Å². The first kappa shape index (κ1) is 18.7. The van der Waals surface area contributed by atoms with Gasteiger partial charge in [0.25, 0.3) is 0 Å². The second kappa shape index (κ2) is 5.99. The fourth-order valence-corrected chi connectivity index (χ4v) is 4.75. The summed E-state index contributed by atoms with van der Waals surface area (Å²) in [7, 11) is 0. The fraction of sp³-hybridized carbons (Fsp3) is 0.579. The molecule has 4 nitrogen and oxygen atoms in total. The molecule has 1 aliphatic heterocycles. The first-order valence-corrected chi connectivity index (χ1v) is 8.68. The van der Waals surface area contributed by atoms with Crippen molar-refractivity contribution in [1.29, 1.82) is 0 Å². The zero-order valence-electron chi connectivity index (χ0n) is 15.1. The van der Waals surface area contributed by atoms with Crippen molar-refractivity contribution in [1.82, 2.24) is 4.90 Å². The standard InChI is InChI=1S/C19H23F3N2O2/c1-17(2)8-14-9-18(3,10-17)11-24(14)16(26)15(25)23-13-6-4-12(5-7-13)19(20,21)22/h4-7,14H,8-11H2,1-3H3,(H,23,25). The normalized spacial score (nSPS) is 27.3. The van der Waals surface area contributed by atoms with Gasteiger partial charge >= 0.3 is 18.0 Å². The number of hydrogen-bond acceptors (Lipinski definition) is 2. The summed E-state index contributed by atoms with van der Waals surface area (Å²) in [4.78, 5) is 26.5. The van der Waals surface area contributed by atoms with Crippen LogP contribution in [0, 0.1) is 10.8 Å².